The average molecular weight is 345 g/mol. The lowest BCUT2D eigenvalue weighted by Gasteiger charge is -2.37. The number of pyridine rings is 1. The molecule has 0 saturated carbocycles. The van der Waals surface area contributed by atoms with E-state index in [2.05, 4.69) is 28.2 Å². The summed E-state index contributed by atoms with van der Waals surface area (Å²) in [6, 6.07) is 10.1. The van der Waals surface area contributed by atoms with Crippen molar-refractivity contribution in [3.63, 3.8) is 0 Å². The molecule has 0 amide bonds. The van der Waals surface area contributed by atoms with Gasteiger partial charge in [0.15, 0.2) is 0 Å². The first-order valence-electron chi connectivity index (χ1n) is 8.91. The molecule has 3 rings (SSSR count). The third kappa shape index (κ3) is 5.06. The van der Waals surface area contributed by atoms with E-state index < -0.39 is 0 Å². The van der Waals surface area contributed by atoms with E-state index in [0.717, 1.165) is 37.8 Å². The molecule has 2 atom stereocenters. The van der Waals surface area contributed by atoms with Gasteiger partial charge in [-0.15, -0.1) is 0 Å². The molecule has 2 aromatic rings. The van der Waals surface area contributed by atoms with Gasteiger partial charge in [0, 0.05) is 31.9 Å². The highest BCUT2D eigenvalue weighted by Gasteiger charge is 2.25. The maximum absolute atomic E-state index is 13.7. The predicted molar refractivity (Wildman–Crippen MR) is 95.1 cm³/mol. The summed E-state index contributed by atoms with van der Waals surface area (Å²) in [7, 11) is 0. The van der Waals surface area contributed by atoms with Crippen LogP contribution in [0.1, 0.15) is 24.6 Å². The Balaban J connectivity index is 1.45. The van der Waals surface area contributed by atoms with Crippen molar-refractivity contribution in [3.05, 3.63) is 65.5 Å². The van der Waals surface area contributed by atoms with Gasteiger partial charge in [0.2, 0.25) is 0 Å². The molecule has 1 aliphatic heterocycles. The minimum atomic E-state index is -0.382. The van der Waals surface area contributed by atoms with Crippen LogP contribution in [0.4, 0.5) is 8.78 Å². The molecule has 25 heavy (non-hydrogen) atoms. The molecule has 1 N–H and O–H groups in total. The van der Waals surface area contributed by atoms with Crippen molar-refractivity contribution < 1.29 is 8.78 Å². The second kappa shape index (κ2) is 8.50. The van der Waals surface area contributed by atoms with Crippen molar-refractivity contribution in [3.8, 4) is 0 Å². The highest BCUT2D eigenvalue weighted by Crippen LogP contribution is 2.19. The van der Waals surface area contributed by atoms with Crippen molar-refractivity contribution in [2.24, 2.45) is 5.92 Å². The van der Waals surface area contributed by atoms with Crippen molar-refractivity contribution in [2.45, 2.75) is 32.4 Å². The number of rotatable bonds is 6. The fraction of sp³-hybridized carbons (Fsp3) is 0.450. The molecule has 0 spiro atoms. The van der Waals surface area contributed by atoms with Crippen molar-refractivity contribution in [1.82, 2.24) is 15.2 Å². The van der Waals surface area contributed by atoms with Crippen LogP contribution in [0.3, 0.4) is 0 Å². The predicted octanol–water partition coefficient (Wildman–Crippen LogP) is 3.40. The first-order valence-corrected chi connectivity index (χ1v) is 8.91. The largest absolute Gasteiger partial charge is 0.313 e. The Morgan fingerprint density at radius 3 is 2.88 bits per heavy atom. The summed E-state index contributed by atoms with van der Waals surface area (Å²) in [6.45, 7) is 5.82. The molecule has 1 aromatic carbocycles. The summed E-state index contributed by atoms with van der Waals surface area (Å²) in [5.74, 6) is -0.205. The lowest BCUT2D eigenvalue weighted by Crippen LogP contribution is -2.48. The fourth-order valence-electron chi connectivity index (χ4n) is 3.53. The van der Waals surface area contributed by atoms with E-state index in [1.165, 1.54) is 12.1 Å². The topological polar surface area (TPSA) is 28.2 Å². The molecule has 134 valence electrons. The number of nitrogens with zero attached hydrogens (tertiary/aromatic N) is 2. The van der Waals surface area contributed by atoms with E-state index >= 15 is 0 Å². The summed E-state index contributed by atoms with van der Waals surface area (Å²) in [6.07, 6.45) is 3.39. The Hall–Kier alpha value is -1.85. The Bertz CT molecular complexity index is 678. The van der Waals surface area contributed by atoms with E-state index in [0.29, 0.717) is 30.5 Å². The molecule has 0 unspecified atom stereocenters. The van der Waals surface area contributed by atoms with Crippen molar-refractivity contribution in [2.75, 3.05) is 19.6 Å². The number of benzene rings is 1. The molecule has 1 saturated heterocycles. The molecular formula is C20H25F2N3. The molecule has 3 nitrogen and oxygen atoms in total. The summed E-state index contributed by atoms with van der Waals surface area (Å²) in [4.78, 5) is 6.82. The van der Waals surface area contributed by atoms with Gasteiger partial charge in [-0.1, -0.05) is 13.0 Å². The van der Waals surface area contributed by atoms with Crippen LogP contribution in [0.2, 0.25) is 0 Å². The van der Waals surface area contributed by atoms with E-state index in [1.807, 2.05) is 18.3 Å². The summed E-state index contributed by atoms with van der Waals surface area (Å²) < 4.78 is 26.9. The monoisotopic (exact) mass is 345 g/mol. The maximum atomic E-state index is 13.7. The van der Waals surface area contributed by atoms with Crippen LogP contribution in [-0.4, -0.2) is 35.6 Å². The second-order valence-electron chi connectivity index (χ2n) is 6.87. The van der Waals surface area contributed by atoms with Crippen LogP contribution in [-0.2, 0) is 13.0 Å². The number of likely N-dealkylation sites (tertiary alicyclic amines) is 1. The smallest absolute Gasteiger partial charge is 0.126 e. The molecule has 0 radical (unpaired) electrons. The Morgan fingerprint density at radius 2 is 2.12 bits per heavy atom. The van der Waals surface area contributed by atoms with E-state index in [9.17, 15) is 8.78 Å². The third-order valence-corrected chi connectivity index (χ3v) is 4.91. The zero-order chi connectivity index (χ0) is 17.6. The normalized spacial score (nSPS) is 21.4. The molecule has 2 heterocycles. The van der Waals surface area contributed by atoms with E-state index in [4.69, 9.17) is 0 Å². The van der Waals surface area contributed by atoms with E-state index in [-0.39, 0.29) is 11.6 Å². The van der Waals surface area contributed by atoms with Gasteiger partial charge in [-0.2, -0.15) is 0 Å². The molecule has 0 bridgehead atoms. The molecular weight excluding hydrogens is 320 g/mol. The fourth-order valence-corrected chi connectivity index (χ4v) is 3.53. The summed E-state index contributed by atoms with van der Waals surface area (Å²) in [5.41, 5.74) is 1.54. The van der Waals surface area contributed by atoms with Gasteiger partial charge in [0.05, 0.1) is 5.69 Å². The Labute approximate surface area is 148 Å². The van der Waals surface area contributed by atoms with Gasteiger partial charge in [-0.05, 0) is 61.2 Å². The number of hydrogen-bond donors (Lipinski definition) is 1. The highest BCUT2D eigenvalue weighted by molar-refractivity contribution is 5.19. The SMILES string of the molecule is C[C@H]1CN(Cc2ccccn2)CC[C@H]1NCCc1cc(F)ccc1F. The number of aromatic nitrogens is 1. The van der Waals surface area contributed by atoms with Gasteiger partial charge in [0.25, 0.3) is 0 Å². The zero-order valence-electron chi connectivity index (χ0n) is 14.6. The van der Waals surface area contributed by atoms with Crippen LogP contribution in [0.5, 0.6) is 0 Å². The summed E-state index contributed by atoms with van der Waals surface area (Å²) in [5, 5.41) is 3.52. The lowest BCUT2D eigenvalue weighted by molar-refractivity contribution is 0.140. The third-order valence-electron chi connectivity index (χ3n) is 4.91. The zero-order valence-corrected chi connectivity index (χ0v) is 14.6. The first kappa shape index (κ1) is 18.0. The molecule has 5 heteroatoms. The van der Waals surface area contributed by atoms with E-state index in [1.54, 1.807) is 0 Å². The van der Waals surface area contributed by atoms with Gasteiger partial charge in [-0.25, -0.2) is 8.78 Å². The lowest BCUT2D eigenvalue weighted by atomic mass is 9.93. The number of piperidine rings is 1. The maximum Gasteiger partial charge on any atom is 0.126 e. The van der Waals surface area contributed by atoms with Crippen LogP contribution >= 0.6 is 0 Å². The highest BCUT2D eigenvalue weighted by atomic mass is 19.1. The van der Waals surface area contributed by atoms with Gasteiger partial charge in [0.1, 0.15) is 11.6 Å². The van der Waals surface area contributed by atoms with Gasteiger partial charge >= 0.3 is 0 Å². The van der Waals surface area contributed by atoms with Crippen LogP contribution in [0.25, 0.3) is 0 Å². The Morgan fingerprint density at radius 1 is 1.24 bits per heavy atom. The molecule has 1 aromatic heterocycles. The quantitative estimate of drug-likeness (QED) is 0.870. The van der Waals surface area contributed by atoms with Crippen LogP contribution < -0.4 is 5.32 Å². The Kier molecular flexibility index (Phi) is 6.10. The second-order valence-corrected chi connectivity index (χ2v) is 6.87. The minimum absolute atomic E-state index is 0.332. The first-order chi connectivity index (χ1) is 12.1. The molecule has 0 aliphatic carbocycles. The van der Waals surface area contributed by atoms with Crippen LogP contribution in [0, 0.1) is 17.6 Å². The minimum Gasteiger partial charge on any atom is -0.313 e. The molecule has 1 fully saturated rings. The van der Waals surface area contributed by atoms with Gasteiger partial charge < -0.3 is 5.32 Å². The van der Waals surface area contributed by atoms with Crippen LogP contribution in [0.15, 0.2) is 42.6 Å². The van der Waals surface area contributed by atoms with Crippen molar-refractivity contribution >= 4 is 0 Å². The number of halogens is 2. The standard InChI is InChI=1S/C20H25F2N3/c1-15-13-25(14-18-4-2-3-9-23-18)11-8-20(15)24-10-7-16-12-17(21)5-6-19(16)22/h2-6,9,12,15,20,24H,7-8,10-11,13-14H2,1H3/t15-,20+/m0/s1. The molecule has 1 aliphatic rings. The number of hydrogen-bond acceptors (Lipinski definition) is 3. The van der Waals surface area contributed by atoms with Gasteiger partial charge in [-0.3, -0.25) is 9.88 Å². The average Bonchev–Trinajstić information content (AvgIpc) is 2.61. The summed E-state index contributed by atoms with van der Waals surface area (Å²) >= 11 is 0. The van der Waals surface area contributed by atoms with Crippen molar-refractivity contribution in [1.29, 1.82) is 0 Å². The number of nitrogens with one attached hydrogen (secondary N) is 1.